The highest BCUT2D eigenvalue weighted by atomic mass is 35.5. The lowest BCUT2D eigenvalue weighted by Gasteiger charge is -2.12. The Hall–Kier alpha value is -1.46. The Labute approximate surface area is 96.7 Å². The molecule has 0 saturated carbocycles. The fourth-order valence-corrected chi connectivity index (χ4v) is 1.85. The van der Waals surface area contributed by atoms with E-state index in [9.17, 15) is 4.79 Å². The van der Waals surface area contributed by atoms with Crippen molar-refractivity contribution < 1.29 is 19.4 Å². The van der Waals surface area contributed by atoms with E-state index in [1.54, 1.807) is 12.1 Å². The summed E-state index contributed by atoms with van der Waals surface area (Å²) in [7, 11) is 0. The van der Waals surface area contributed by atoms with E-state index in [1.807, 2.05) is 0 Å². The predicted molar refractivity (Wildman–Crippen MR) is 57.0 cm³/mol. The van der Waals surface area contributed by atoms with Crippen molar-refractivity contribution in [1.29, 1.82) is 0 Å². The molecule has 5 nitrogen and oxygen atoms in total. The van der Waals surface area contributed by atoms with E-state index in [-0.39, 0.29) is 13.3 Å². The highest BCUT2D eigenvalue weighted by Crippen LogP contribution is 2.39. The molecule has 0 saturated heterocycles. The molecule has 0 radical (unpaired) electrons. The van der Waals surface area contributed by atoms with Gasteiger partial charge in [-0.25, -0.2) is 0 Å². The Morgan fingerprint density at radius 1 is 1.50 bits per heavy atom. The van der Waals surface area contributed by atoms with Crippen molar-refractivity contribution >= 4 is 17.6 Å². The Morgan fingerprint density at radius 2 is 2.12 bits per heavy atom. The van der Waals surface area contributed by atoms with Gasteiger partial charge < -0.3 is 20.3 Å². The zero-order chi connectivity index (χ0) is 11.7. The number of benzene rings is 1. The van der Waals surface area contributed by atoms with Gasteiger partial charge in [0.2, 0.25) is 6.79 Å². The van der Waals surface area contributed by atoms with Crippen LogP contribution < -0.4 is 15.2 Å². The summed E-state index contributed by atoms with van der Waals surface area (Å²) < 4.78 is 10.3. The summed E-state index contributed by atoms with van der Waals surface area (Å²) in [6.07, 6.45) is 0. The lowest BCUT2D eigenvalue weighted by atomic mass is 9.99. The van der Waals surface area contributed by atoms with Gasteiger partial charge in [-0.1, -0.05) is 11.6 Å². The Bertz CT molecular complexity index is 435. The van der Waals surface area contributed by atoms with Crippen LogP contribution in [0.3, 0.4) is 0 Å². The number of fused-ring (bicyclic) bond motifs is 1. The summed E-state index contributed by atoms with van der Waals surface area (Å²) in [4.78, 5) is 11.0. The third-order valence-electron chi connectivity index (χ3n) is 2.40. The summed E-state index contributed by atoms with van der Waals surface area (Å²) in [6, 6.07) is 3.11. The summed E-state index contributed by atoms with van der Waals surface area (Å²) in [5.41, 5.74) is 5.85. The summed E-state index contributed by atoms with van der Waals surface area (Å²) in [5.74, 6) is -0.820. The van der Waals surface area contributed by atoms with Crippen LogP contribution in [0.5, 0.6) is 11.5 Å². The van der Waals surface area contributed by atoms with E-state index in [2.05, 4.69) is 0 Å². The second-order valence-electron chi connectivity index (χ2n) is 3.35. The highest BCUT2D eigenvalue weighted by molar-refractivity contribution is 6.31. The van der Waals surface area contributed by atoms with Gasteiger partial charge in [-0.15, -0.1) is 0 Å². The maximum absolute atomic E-state index is 11.0. The van der Waals surface area contributed by atoms with Crippen molar-refractivity contribution in [3.8, 4) is 11.5 Å². The molecule has 1 heterocycles. The molecule has 86 valence electrons. The summed E-state index contributed by atoms with van der Waals surface area (Å²) >= 11 is 5.97. The van der Waals surface area contributed by atoms with E-state index in [4.69, 9.17) is 31.9 Å². The van der Waals surface area contributed by atoms with Crippen molar-refractivity contribution in [2.24, 2.45) is 5.73 Å². The number of nitrogens with two attached hydrogens (primary N) is 1. The number of carboxylic acids is 1. The van der Waals surface area contributed by atoms with E-state index in [0.717, 1.165) is 0 Å². The maximum Gasteiger partial charge on any atom is 0.312 e. The van der Waals surface area contributed by atoms with Gasteiger partial charge in [0.05, 0.1) is 5.92 Å². The van der Waals surface area contributed by atoms with Crippen molar-refractivity contribution in [3.63, 3.8) is 0 Å². The van der Waals surface area contributed by atoms with Gasteiger partial charge in [-0.2, -0.15) is 0 Å². The largest absolute Gasteiger partial charge is 0.481 e. The van der Waals surface area contributed by atoms with Crippen molar-refractivity contribution in [3.05, 3.63) is 22.7 Å². The van der Waals surface area contributed by atoms with Gasteiger partial charge in [0, 0.05) is 17.6 Å². The quantitative estimate of drug-likeness (QED) is 0.834. The molecule has 1 aliphatic rings. The zero-order valence-corrected chi connectivity index (χ0v) is 9.03. The molecule has 0 aliphatic carbocycles. The number of carbonyl (C=O) groups is 1. The van der Waals surface area contributed by atoms with Gasteiger partial charge >= 0.3 is 5.97 Å². The molecule has 1 unspecified atom stereocenters. The molecule has 1 aromatic rings. The minimum absolute atomic E-state index is 0.0191. The van der Waals surface area contributed by atoms with Crippen LogP contribution in [0.25, 0.3) is 0 Å². The number of rotatable bonds is 3. The van der Waals surface area contributed by atoms with Crippen LogP contribution in [0.1, 0.15) is 11.5 Å². The predicted octanol–water partition coefficient (Wildman–Crippen LogP) is 1.20. The number of hydrogen-bond donors (Lipinski definition) is 2. The molecule has 0 spiro atoms. The van der Waals surface area contributed by atoms with E-state index in [0.29, 0.717) is 22.1 Å². The maximum atomic E-state index is 11.0. The monoisotopic (exact) mass is 243 g/mol. The van der Waals surface area contributed by atoms with Crippen LogP contribution in [0, 0.1) is 0 Å². The molecule has 1 aromatic carbocycles. The van der Waals surface area contributed by atoms with Crippen LogP contribution >= 0.6 is 11.6 Å². The van der Waals surface area contributed by atoms with Crippen LogP contribution in [0.15, 0.2) is 12.1 Å². The number of carboxylic acid groups (broad SMARTS) is 1. The van der Waals surface area contributed by atoms with Gasteiger partial charge in [-0.3, -0.25) is 4.79 Å². The van der Waals surface area contributed by atoms with Gasteiger partial charge in [0.25, 0.3) is 0 Å². The highest BCUT2D eigenvalue weighted by Gasteiger charge is 2.25. The molecular formula is C10H10ClNO4. The van der Waals surface area contributed by atoms with Crippen molar-refractivity contribution in [1.82, 2.24) is 0 Å². The van der Waals surface area contributed by atoms with E-state index >= 15 is 0 Å². The molecule has 2 rings (SSSR count). The van der Waals surface area contributed by atoms with Crippen molar-refractivity contribution in [2.45, 2.75) is 5.92 Å². The van der Waals surface area contributed by atoms with E-state index in [1.165, 1.54) is 0 Å². The number of ether oxygens (including phenoxy) is 2. The minimum atomic E-state index is -1.01. The lowest BCUT2D eigenvalue weighted by molar-refractivity contribution is -0.138. The lowest BCUT2D eigenvalue weighted by Crippen LogP contribution is -2.21. The second-order valence-corrected chi connectivity index (χ2v) is 3.76. The molecule has 0 amide bonds. The average molecular weight is 244 g/mol. The molecule has 1 aliphatic heterocycles. The fraction of sp³-hybridized carbons (Fsp3) is 0.300. The topological polar surface area (TPSA) is 81.8 Å². The van der Waals surface area contributed by atoms with Crippen LogP contribution in [-0.2, 0) is 4.79 Å². The summed E-state index contributed by atoms with van der Waals surface area (Å²) in [5, 5.41) is 9.31. The first-order valence-corrected chi connectivity index (χ1v) is 5.03. The Morgan fingerprint density at radius 3 is 2.69 bits per heavy atom. The first-order chi connectivity index (χ1) is 7.63. The van der Waals surface area contributed by atoms with Crippen LogP contribution in [0.4, 0.5) is 0 Å². The Kier molecular flexibility index (Phi) is 2.89. The molecule has 3 N–H and O–H groups in total. The molecule has 16 heavy (non-hydrogen) atoms. The molecule has 0 aromatic heterocycles. The smallest absolute Gasteiger partial charge is 0.312 e. The minimum Gasteiger partial charge on any atom is -0.481 e. The van der Waals surface area contributed by atoms with Gasteiger partial charge in [-0.05, 0) is 11.6 Å². The second kappa shape index (κ2) is 4.19. The van der Waals surface area contributed by atoms with Crippen LogP contribution in [0.2, 0.25) is 5.02 Å². The molecule has 6 heteroatoms. The normalized spacial score (nSPS) is 14.9. The first-order valence-electron chi connectivity index (χ1n) is 4.65. The van der Waals surface area contributed by atoms with Gasteiger partial charge in [0.15, 0.2) is 11.5 Å². The van der Waals surface area contributed by atoms with E-state index < -0.39 is 11.9 Å². The average Bonchev–Trinajstić information content (AvgIpc) is 2.65. The third kappa shape index (κ3) is 1.79. The van der Waals surface area contributed by atoms with Crippen molar-refractivity contribution in [2.75, 3.05) is 13.3 Å². The van der Waals surface area contributed by atoms with Gasteiger partial charge in [0.1, 0.15) is 0 Å². The molecular weight excluding hydrogens is 234 g/mol. The number of halogens is 1. The molecule has 0 fully saturated rings. The number of aliphatic carboxylic acids is 1. The van der Waals surface area contributed by atoms with Crippen LogP contribution in [-0.4, -0.2) is 24.4 Å². The molecule has 0 bridgehead atoms. The summed E-state index contributed by atoms with van der Waals surface area (Å²) in [6.45, 7) is 0.101. The number of hydrogen-bond acceptors (Lipinski definition) is 4. The zero-order valence-electron chi connectivity index (χ0n) is 8.27. The Balaban J connectivity index is 2.44. The standard InChI is InChI=1S/C10H10ClNO4/c11-7-2-9-8(15-4-16-9)1-5(7)6(3-12)10(13)14/h1-2,6H,3-4,12H2,(H,13,14). The first kappa shape index (κ1) is 11.0. The third-order valence-corrected chi connectivity index (χ3v) is 2.73. The molecule has 1 atom stereocenters. The fourth-order valence-electron chi connectivity index (χ4n) is 1.56. The SMILES string of the molecule is NCC(C(=O)O)c1cc2c(cc1Cl)OCO2.